The number of aromatic nitrogens is 3. The van der Waals surface area contributed by atoms with Crippen LogP contribution in [0.15, 0.2) is 24.4 Å². The van der Waals surface area contributed by atoms with Crippen LogP contribution in [-0.2, 0) is 6.54 Å². The third-order valence-electron chi connectivity index (χ3n) is 2.58. The van der Waals surface area contributed by atoms with Crippen molar-refractivity contribution in [3.8, 4) is 11.5 Å². The summed E-state index contributed by atoms with van der Waals surface area (Å²) in [6, 6.07) is 5.31. The van der Waals surface area contributed by atoms with Gasteiger partial charge in [0.2, 0.25) is 0 Å². The van der Waals surface area contributed by atoms with E-state index in [4.69, 9.17) is 14.6 Å². The van der Waals surface area contributed by atoms with E-state index in [-0.39, 0.29) is 12.2 Å². The Morgan fingerprint density at radius 2 is 1.89 bits per heavy atom. The highest BCUT2D eigenvalue weighted by Crippen LogP contribution is 2.23. The molecule has 0 bridgehead atoms. The van der Waals surface area contributed by atoms with E-state index in [1.807, 2.05) is 0 Å². The zero-order chi connectivity index (χ0) is 13.8. The van der Waals surface area contributed by atoms with Crippen LogP contribution in [0.2, 0.25) is 0 Å². The monoisotopic (exact) mass is 263 g/mol. The summed E-state index contributed by atoms with van der Waals surface area (Å²) < 4.78 is 11.6. The Labute approximate surface area is 109 Å². The van der Waals surface area contributed by atoms with Gasteiger partial charge < -0.3 is 14.6 Å². The number of rotatable bonds is 5. The Balaban J connectivity index is 2.32. The van der Waals surface area contributed by atoms with Crippen LogP contribution in [0.25, 0.3) is 0 Å². The Morgan fingerprint density at radius 1 is 1.26 bits per heavy atom. The number of nitrogens with zero attached hydrogens (tertiary/aromatic N) is 3. The molecule has 0 atom stereocenters. The SMILES string of the molecule is COc1cc(Cn2nncc2C(=O)O)cc(OC)c1. The molecule has 0 fully saturated rings. The Bertz CT molecular complexity index is 572. The molecular weight excluding hydrogens is 250 g/mol. The van der Waals surface area contributed by atoms with Gasteiger partial charge in [-0.25, -0.2) is 9.48 Å². The highest BCUT2D eigenvalue weighted by atomic mass is 16.5. The second-order valence-electron chi connectivity index (χ2n) is 3.80. The van der Waals surface area contributed by atoms with Gasteiger partial charge in [-0.2, -0.15) is 0 Å². The van der Waals surface area contributed by atoms with Gasteiger partial charge in [-0.15, -0.1) is 5.10 Å². The number of carboxylic acid groups (broad SMARTS) is 1. The molecule has 0 saturated carbocycles. The molecular formula is C12H13N3O4. The number of carboxylic acids is 1. The first kappa shape index (κ1) is 12.9. The van der Waals surface area contributed by atoms with E-state index in [0.717, 1.165) is 5.56 Å². The number of ether oxygens (including phenoxy) is 2. The summed E-state index contributed by atoms with van der Waals surface area (Å²) in [4.78, 5) is 11.0. The van der Waals surface area contributed by atoms with E-state index < -0.39 is 5.97 Å². The topological polar surface area (TPSA) is 86.5 Å². The third-order valence-corrected chi connectivity index (χ3v) is 2.58. The van der Waals surface area contributed by atoms with Gasteiger partial charge in [0.25, 0.3) is 0 Å². The van der Waals surface area contributed by atoms with Crippen LogP contribution >= 0.6 is 0 Å². The second-order valence-corrected chi connectivity index (χ2v) is 3.80. The minimum atomic E-state index is -1.07. The molecule has 0 aliphatic carbocycles. The summed E-state index contributed by atoms with van der Waals surface area (Å²) in [6.07, 6.45) is 1.21. The molecule has 100 valence electrons. The molecule has 0 aliphatic heterocycles. The molecule has 0 saturated heterocycles. The van der Waals surface area contributed by atoms with E-state index in [1.54, 1.807) is 32.4 Å². The summed E-state index contributed by atoms with van der Waals surface area (Å²) >= 11 is 0. The zero-order valence-corrected chi connectivity index (χ0v) is 10.5. The summed E-state index contributed by atoms with van der Waals surface area (Å²) in [5.74, 6) is 0.192. The van der Waals surface area contributed by atoms with Gasteiger partial charge in [0.05, 0.1) is 27.0 Å². The molecule has 19 heavy (non-hydrogen) atoms. The van der Waals surface area contributed by atoms with Crippen molar-refractivity contribution < 1.29 is 19.4 Å². The predicted molar refractivity (Wildman–Crippen MR) is 65.6 cm³/mol. The van der Waals surface area contributed by atoms with Crippen molar-refractivity contribution in [3.63, 3.8) is 0 Å². The smallest absolute Gasteiger partial charge is 0.355 e. The zero-order valence-electron chi connectivity index (χ0n) is 10.5. The van der Waals surface area contributed by atoms with Gasteiger partial charge in [-0.1, -0.05) is 5.21 Å². The first-order chi connectivity index (χ1) is 9.13. The van der Waals surface area contributed by atoms with E-state index >= 15 is 0 Å². The van der Waals surface area contributed by atoms with Crippen molar-refractivity contribution >= 4 is 5.97 Å². The lowest BCUT2D eigenvalue weighted by atomic mass is 10.2. The molecule has 1 heterocycles. The van der Waals surface area contributed by atoms with Gasteiger partial charge in [-0.05, 0) is 17.7 Å². The fourth-order valence-corrected chi connectivity index (χ4v) is 1.67. The average Bonchev–Trinajstić information content (AvgIpc) is 2.86. The van der Waals surface area contributed by atoms with E-state index in [2.05, 4.69) is 10.3 Å². The lowest BCUT2D eigenvalue weighted by Crippen LogP contribution is -2.11. The molecule has 1 aromatic heterocycles. The fraction of sp³-hybridized carbons (Fsp3) is 0.250. The first-order valence-electron chi connectivity index (χ1n) is 5.47. The number of hydrogen-bond acceptors (Lipinski definition) is 5. The molecule has 0 radical (unpaired) electrons. The molecule has 7 nitrogen and oxygen atoms in total. The molecule has 2 aromatic rings. The molecule has 0 unspecified atom stereocenters. The molecule has 1 aromatic carbocycles. The minimum absolute atomic E-state index is 0.0294. The van der Waals surface area contributed by atoms with Gasteiger partial charge in [0.15, 0.2) is 5.69 Å². The van der Waals surface area contributed by atoms with Crippen LogP contribution in [0.3, 0.4) is 0 Å². The number of benzene rings is 1. The van der Waals surface area contributed by atoms with Crippen molar-refractivity contribution in [3.05, 3.63) is 35.7 Å². The Hall–Kier alpha value is -2.57. The summed E-state index contributed by atoms with van der Waals surface area (Å²) in [5.41, 5.74) is 0.839. The lowest BCUT2D eigenvalue weighted by molar-refractivity contribution is 0.0684. The maximum absolute atomic E-state index is 11.0. The second kappa shape index (κ2) is 5.38. The minimum Gasteiger partial charge on any atom is -0.497 e. The van der Waals surface area contributed by atoms with Crippen LogP contribution in [0.4, 0.5) is 0 Å². The van der Waals surface area contributed by atoms with E-state index in [0.29, 0.717) is 11.5 Å². The Kier molecular flexibility index (Phi) is 3.65. The lowest BCUT2D eigenvalue weighted by Gasteiger charge is -2.09. The fourth-order valence-electron chi connectivity index (χ4n) is 1.67. The molecule has 2 rings (SSSR count). The maximum atomic E-state index is 11.0. The molecule has 0 amide bonds. The van der Waals surface area contributed by atoms with E-state index in [1.165, 1.54) is 10.9 Å². The number of methoxy groups -OCH3 is 2. The van der Waals surface area contributed by atoms with Crippen LogP contribution < -0.4 is 9.47 Å². The molecule has 7 heteroatoms. The standard InChI is InChI=1S/C12H13N3O4/c1-18-9-3-8(4-10(5-9)19-2)7-15-11(12(16)17)6-13-14-15/h3-6H,7H2,1-2H3,(H,16,17). The van der Waals surface area contributed by atoms with Crippen LogP contribution in [0.5, 0.6) is 11.5 Å². The number of aromatic carboxylic acids is 1. The summed E-state index contributed by atoms with van der Waals surface area (Å²) in [6.45, 7) is 0.273. The molecule has 0 spiro atoms. The average molecular weight is 263 g/mol. The van der Waals surface area contributed by atoms with Crippen molar-refractivity contribution in [1.82, 2.24) is 15.0 Å². The molecule has 1 N–H and O–H groups in total. The van der Waals surface area contributed by atoms with Gasteiger partial charge in [0.1, 0.15) is 11.5 Å². The van der Waals surface area contributed by atoms with Crippen molar-refractivity contribution in [2.24, 2.45) is 0 Å². The maximum Gasteiger partial charge on any atom is 0.355 e. The highest BCUT2D eigenvalue weighted by molar-refractivity contribution is 5.85. The van der Waals surface area contributed by atoms with Gasteiger partial charge >= 0.3 is 5.97 Å². The predicted octanol–water partition coefficient (Wildman–Crippen LogP) is 1.04. The van der Waals surface area contributed by atoms with Crippen molar-refractivity contribution in [2.45, 2.75) is 6.54 Å². The van der Waals surface area contributed by atoms with Crippen LogP contribution in [-0.4, -0.2) is 40.3 Å². The van der Waals surface area contributed by atoms with Gasteiger partial charge in [0, 0.05) is 6.07 Å². The Morgan fingerprint density at radius 3 is 2.42 bits per heavy atom. The summed E-state index contributed by atoms with van der Waals surface area (Å²) in [5, 5.41) is 16.3. The molecule has 0 aliphatic rings. The quantitative estimate of drug-likeness (QED) is 0.867. The first-order valence-corrected chi connectivity index (χ1v) is 5.47. The number of hydrogen-bond donors (Lipinski definition) is 1. The van der Waals surface area contributed by atoms with Crippen LogP contribution in [0.1, 0.15) is 16.1 Å². The van der Waals surface area contributed by atoms with Crippen molar-refractivity contribution in [1.29, 1.82) is 0 Å². The van der Waals surface area contributed by atoms with E-state index in [9.17, 15) is 4.79 Å². The van der Waals surface area contributed by atoms with Crippen molar-refractivity contribution in [2.75, 3.05) is 14.2 Å². The number of carbonyl (C=O) groups is 1. The van der Waals surface area contributed by atoms with Crippen LogP contribution in [0, 0.1) is 0 Å². The van der Waals surface area contributed by atoms with Gasteiger partial charge in [-0.3, -0.25) is 0 Å². The summed E-state index contributed by atoms with van der Waals surface area (Å²) in [7, 11) is 3.10. The third kappa shape index (κ3) is 2.82. The largest absolute Gasteiger partial charge is 0.497 e. The normalized spacial score (nSPS) is 10.2. The highest BCUT2D eigenvalue weighted by Gasteiger charge is 2.12.